The summed E-state index contributed by atoms with van der Waals surface area (Å²) in [4.78, 5) is 11.8. The Morgan fingerprint density at radius 2 is 1.70 bits per heavy atom. The highest BCUT2D eigenvalue weighted by Crippen LogP contribution is 2.31. The van der Waals surface area contributed by atoms with Gasteiger partial charge in [-0.15, -0.1) is 0 Å². The van der Waals surface area contributed by atoms with Crippen molar-refractivity contribution in [2.24, 2.45) is 0 Å². The Morgan fingerprint density at radius 1 is 1.00 bits per heavy atom. The molecular formula is C16H12O4. The van der Waals surface area contributed by atoms with Gasteiger partial charge in [0.15, 0.2) is 5.75 Å². The predicted molar refractivity (Wildman–Crippen MR) is 74.9 cm³/mol. The zero-order valence-electron chi connectivity index (χ0n) is 10.6. The molecule has 1 aromatic heterocycles. The third kappa shape index (κ3) is 2.23. The largest absolute Gasteiger partial charge is 0.504 e. The molecule has 2 aromatic carbocycles. The Balaban J connectivity index is 1.97. The van der Waals surface area contributed by atoms with Crippen LogP contribution >= 0.6 is 0 Å². The highest BCUT2D eigenvalue weighted by Gasteiger charge is 2.14. The number of ether oxygens (including phenoxy) is 1. The van der Waals surface area contributed by atoms with E-state index in [1.165, 1.54) is 0 Å². The molecule has 3 rings (SSSR count). The van der Waals surface area contributed by atoms with E-state index in [1.54, 1.807) is 24.3 Å². The van der Waals surface area contributed by atoms with Crippen LogP contribution in [0.2, 0.25) is 0 Å². The first-order chi connectivity index (χ1) is 9.75. The number of fused-ring (bicyclic) bond motifs is 1. The number of aromatic hydroxyl groups is 1. The molecule has 0 saturated heterocycles. The molecule has 0 bridgehead atoms. The zero-order valence-corrected chi connectivity index (χ0v) is 10.6. The maximum atomic E-state index is 11.8. The van der Waals surface area contributed by atoms with E-state index in [4.69, 9.17) is 9.15 Å². The highest BCUT2D eigenvalue weighted by molar-refractivity contribution is 5.84. The maximum absolute atomic E-state index is 11.8. The molecule has 0 unspecified atom stereocenters. The summed E-state index contributed by atoms with van der Waals surface area (Å²) in [6.07, 6.45) is 0. The molecule has 1 heterocycles. The SMILES string of the molecule is O=c1oc2ccccc2c(O)c1OCc1ccccc1. The molecule has 0 aliphatic carbocycles. The molecule has 1 N–H and O–H groups in total. The van der Waals surface area contributed by atoms with Gasteiger partial charge < -0.3 is 14.3 Å². The molecule has 0 aliphatic rings. The van der Waals surface area contributed by atoms with Crippen LogP contribution in [0.3, 0.4) is 0 Å². The van der Waals surface area contributed by atoms with E-state index in [2.05, 4.69) is 0 Å². The quantitative estimate of drug-likeness (QED) is 0.741. The topological polar surface area (TPSA) is 59.7 Å². The van der Waals surface area contributed by atoms with Crippen LogP contribution in [0, 0.1) is 0 Å². The highest BCUT2D eigenvalue weighted by atomic mass is 16.5. The maximum Gasteiger partial charge on any atom is 0.383 e. The first-order valence-corrected chi connectivity index (χ1v) is 6.17. The van der Waals surface area contributed by atoms with E-state index < -0.39 is 5.63 Å². The second-order valence-corrected chi connectivity index (χ2v) is 4.34. The van der Waals surface area contributed by atoms with Gasteiger partial charge in [0, 0.05) is 0 Å². The Hall–Kier alpha value is -2.75. The first-order valence-electron chi connectivity index (χ1n) is 6.17. The van der Waals surface area contributed by atoms with E-state index in [0.717, 1.165) is 5.56 Å². The fourth-order valence-corrected chi connectivity index (χ4v) is 1.97. The Morgan fingerprint density at radius 3 is 2.50 bits per heavy atom. The van der Waals surface area contributed by atoms with E-state index in [1.807, 2.05) is 30.3 Å². The molecule has 0 fully saturated rings. The van der Waals surface area contributed by atoms with Crippen LogP contribution in [-0.4, -0.2) is 5.11 Å². The fraction of sp³-hybridized carbons (Fsp3) is 0.0625. The molecule has 4 heteroatoms. The standard InChI is InChI=1S/C16H12O4/c17-14-12-8-4-5-9-13(12)20-16(18)15(14)19-10-11-6-2-1-3-7-11/h1-9,17H,10H2. The van der Waals surface area contributed by atoms with E-state index in [0.29, 0.717) is 11.0 Å². The van der Waals surface area contributed by atoms with Crippen molar-refractivity contribution in [2.45, 2.75) is 6.61 Å². The van der Waals surface area contributed by atoms with Gasteiger partial charge in [-0.1, -0.05) is 42.5 Å². The fourth-order valence-electron chi connectivity index (χ4n) is 1.97. The summed E-state index contributed by atoms with van der Waals surface area (Å²) in [6.45, 7) is 0.192. The smallest absolute Gasteiger partial charge is 0.383 e. The van der Waals surface area contributed by atoms with Crippen LogP contribution in [0.25, 0.3) is 11.0 Å². The molecule has 20 heavy (non-hydrogen) atoms. The van der Waals surface area contributed by atoms with Gasteiger partial charge in [-0.05, 0) is 17.7 Å². The van der Waals surface area contributed by atoms with Gasteiger partial charge in [0.05, 0.1) is 5.39 Å². The molecular weight excluding hydrogens is 256 g/mol. The van der Waals surface area contributed by atoms with E-state index in [-0.39, 0.29) is 18.1 Å². The number of hydrogen-bond acceptors (Lipinski definition) is 4. The van der Waals surface area contributed by atoms with Crippen molar-refractivity contribution >= 4 is 11.0 Å². The molecule has 0 amide bonds. The third-order valence-electron chi connectivity index (χ3n) is 2.97. The summed E-state index contributed by atoms with van der Waals surface area (Å²) in [5.41, 5.74) is 0.554. The minimum Gasteiger partial charge on any atom is -0.504 e. The summed E-state index contributed by atoms with van der Waals surface area (Å²) in [5.74, 6) is -0.347. The van der Waals surface area contributed by atoms with E-state index in [9.17, 15) is 9.90 Å². The van der Waals surface area contributed by atoms with E-state index >= 15 is 0 Å². The van der Waals surface area contributed by atoms with Gasteiger partial charge in [0.2, 0.25) is 5.75 Å². The molecule has 0 saturated carbocycles. The summed E-state index contributed by atoms with van der Waals surface area (Å²) < 4.78 is 10.5. The molecule has 100 valence electrons. The summed E-state index contributed by atoms with van der Waals surface area (Å²) in [6, 6.07) is 16.2. The normalized spacial score (nSPS) is 10.6. The van der Waals surface area contributed by atoms with Crippen molar-refractivity contribution in [3.8, 4) is 11.5 Å². The van der Waals surface area contributed by atoms with Crippen molar-refractivity contribution in [2.75, 3.05) is 0 Å². The van der Waals surface area contributed by atoms with Crippen molar-refractivity contribution in [1.82, 2.24) is 0 Å². The Labute approximate surface area is 114 Å². The van der Waals surface area contributed by atoms with Gasteiger partial charge in [-0.3, -0.25) is 0 Å². The van der Waals surface area contributed by atoms with Crippen molar-refractivity contribution in [1.29, 1.82) is 0 Å². The Bertz CT molecular complexity index is 790. The van der Waals surface area contributed by atoms with Crippen LogP contribution in [-0.2, 0) is 6.61 Å². The van der Waals surface area contributed by atoms with Gasteiger partial charge >= 0.3 is 5.63 Å². The lowest BCUT2D eigenvalue weighted by Gasteiger charge is -2.08. The summed E-state index contributed by atoms with van der Waals surface area (Å²) >= 11 is 0. The Kier molecular flexibility index (Phi) is 3.13. The van der Waals surface area contributed by atoms with Crippen molar-refractivity contribution in [3.05, 3.63) is 70.6 Å². The number of hydrogen-bond donors (Lipinski definition) is 1. The lowest BCUT2D eigenvalue weighted by Crippen LogP contribution is -2.07. The minimum atomic E-state index is -0.683. The van der Waals surface area contributed by atoms with Gasteiger partial charge in [-0.25, -0.2) is 4.79 Å². The molecule has 0 radical (unpaired) electrons. The van der Waals surface area contributed by atoms with Crippen LogP contribution < -0.4 is 10.4 Å². The minimum absolute atomic E-state index is 0.160. The average molecular weight is 268 g/mol. The zero-order chi connectivity index (χ0) is 13.9. The van der Waals surface area contributed by atoms with Gasteiger partial charge in [0.25, 0.3) is 0 Å². The molecule has 3 aromatic rings. The molecule has 4 nitrogen and oxygen atoms in total. The van der Waals surface area contributed by atoms with Crippen LogP contribution in [0.5, 0.6) is 11.5 Å². The third-order valence-corrected chi connectivity index (χ3v) is 2.97. The summed E-state index contributed by atoms with van der Waals surface area (Å²) in [7, 11) is 0. The number of benzene rings is 2. The van der Waals surface area contributed by atoms with Crippen molar-refractivity contribution in [3.63, 3.8) is 0 Å². The molecule has 0 aliphatic heterocycles. The van der Waals surface area contributed by atoms with Crippen molar-refractivity contribution < 1.29 is 14.3 Å². The lowest BCUT2D eigenvalue weighted by molar-refractivity contribution is 0.274. The second kappa shape index (κ2) is 5.09. The number of rotatable bonds is 3. The predicted octanol–water partition coefficient (Wildman–Crippen LogP) is 3.08. The first kappa shape index (κ1) is 12.3. The van der Waals surface area contributed by atoms with Crippen LogP contribution in [0.1, 0.15) is 5.56 Å². The molecule has 0 atom stereocenters. The average Bonchev–Trinajstić information content (AvgIpc) is 2.48. The molecule has 0 spiro atoms. The summed E-state index contributed by atoms with van der Waals surface area (Å²) in [5, 5.41) is 10.6. The lowest BCUT2D eigenvalue weighted by atomic mass is 10.2. The number of para-hydroxylation sites is 1. The monoisotopic (exact) mass is 268 g/mol. The van der Waals surface area contributed by atoms with Gasteiger partial charge in [-0.2, -0.15) is 0 Å². The second-order valence-electron chi connectivity index (χ2n) is 4.34. The van der Waals surface area contributed by atoms with Gasteiger partial charge in [0.1, 0.15) is 12.2 Å². The van der Waals surface area contributed by atoms with Crippen LogP contribution in [0.4, 0.5) is 0 Å². The van der Waals surface area contributed by atoms with Crippen LogP contribution in [0.15, 0.2) is 63.8 Å².